The predicted octanol–water partition coefficient (Wildman–Crippen LogP) is 3.93. The van der Waals surface area contributed by atoms with Gasteiger partial charge in [0.2, 0.25) is 5.89 Å². The van der Waals surface area contributed by atoms with Crippen molar-refractivity contribution >= 4 is 27.3 Å². The maximum atomic E-state index is 5.75. The molecule has 0 amide bonds. The number of rotatable bonds is 5. The Bertz CT molecular complexity index is 504. The fourth-order valence-corrected chi connectivity index (χ4v) is 3.15. The SMILES string of the molecule is CCNC(CC)c1nnc(-c2cc(C)c(Br)s2)o1. The summed E-state index contributed by atoms with van der Waals surface area (Å²) in [6.07, 6.45) is 0.933. The molecule has 0 aliphatic heterocycles. The Hall–Kier alpha value is -0.720. The molecule has 0 fully saturated rings. The summed E-state index contributed by atoms with van der Waals surface area (Å²) >= 11 is 5.12. The fourth-order valence-electron chi connectivity index (χ4n) is 1.69. The van der Waals surface area contributed by atoms with Gasteiger partial charge in [-0.15, -0.1) is 21.5 Å². The minimum Gasteiger partial charge on any atom is -0.418 e. The number of aryl methyl sites for hydroxylation is 1. The third kappa shape index (κ3) is 2.81. The lowest BCUT2D eigenvalue weighted by Crippen LogP contribution is -2.20. The molecule has 0 bridgehead atoms. The first kappa shape index (κ1) is 13.7. The van der Waals surface area contributed by atoms with Crippen LogP contribution in [0, 0.1) is 6.92 Å². The van der Waals surface area contributed by atoms with Crippen LogP contribution in [0.4, 0.5) is 0 Å². The molecule has 2 aromatic heterocycles. The lowest BCUT2D eigenvalue weighted by atomic mass is 10.2. The first-order valence-corrected chi connectivity index (χ1v) is 7.59. The van der Waals surface area contributed by atoms with E-state index in [1.54, 1.807) is 11.3 Å². The minimum absolute atomic E-state index is 0.140. The second-order valence-corrected chi connectivity index (χ2v) is 6.40. The van der Waals surface area contributed by atoms with Crippen LogP contribution in [-0.2, 0) is 0 Å². The van der Waals surface area contributed by atoms with E-state index in [-0.39, 0.29) is 6.04 Å². The first-order chi connectivity index (χ1) is 8.65. The van der Waals surface area contributed by atoms with Gasteiger partial charge in [-0.1, -0.05) is 13.8 Å². The summed E-state index contributed by atoms with van der Waals surface area (Å²) in [5.74, 6) is 1.26. The van der Waals surface area contributed by atoms with E-state index in [0.717, 1.165) is 21.6 Å². The third-order valence-corrected chi connectivity index (χ3v) is 4.79. The van der Waals surface area contributed by atoms with Crippen molar-refractivity contribution in [2.45, 2.75) is 33.2 Å². The molecule has 0 saturated carbocycles. The average Bonchev–Trinajstić information content (AvgIpc) is 2.94. The highest BCUT2D eigenvalue weighted by molar-refractivity contribution is 9.11. The molecule has 1 unspecified atom stereocenters. The average molecular weight is 330 g/mol. The van der Waals surface area contributed by atoms with Crippen molar-refractivity contribution < 1.29 is 4.42 Å². The zero-order valence-electron chi connectivity index (χ0n) is 10.7. The van der Waals surface area contributed by atoms with Crippen LogP contribution in [0.15, 0.2) is 14.3 Å². The highest BCUT2D eigenvalue weighted by Gasteiger charge is 2.18. The maximum Gasteiger partial charge on any atom is 0.257 e. The van der Waals surface area contributed by atoms with Crippen LogP contribution in [0.3, 0.4) is 0 Å². The van der Waals surface area contributed by atoms with Crippen molar-refractivity contribution in [2.75, 3.05) is 6.54 Å². The van der Waals surface area contributed by atoms with Crippen molar-refractivity contribution in [2.24, 2.45) is 0 Å². The minimum atomic E-state index is 0.140. The Morgan fingerprint density at radius 2 is 2.22 bits per heavy atom. The summed E-state index contributed by atoms with van der Waals surface area (Å²) in [5, 5.41) is 11.6. The third-order valence-electron chi connectivity index (χ3n) is 2.67. The fraction of sp³-hybridized carbons (Fsp3) is 0.500. The van der Waals surface area contributed by atoms with E-state index < -0.39 is 0 Å². The van der Waals surface area contributed by atoms with Crippen LogP contribution in [-0.4, -0.2) is 16.7 Å². The monoisotopic (exact) mass is 329 g/mol. The van der Waals surface area contributed by atoms with Gasteiger partial charge in [0.25, 0.3) is 5.89 Å². The second kappa shape index (κ2) is 5.95. The van der Waals surface area contributed by atoms with Crippen LogP contribution in [0.1, 0.15) is 37.8 Å². The molecular weight excluding hydrogens is 314 g/mol. The molecule has 1 atom stereocenters. The Kier molecular flexibility index (Phi) is 4.53. The summed E-state index contributed by atoms with van der Waals surface area (Å²) in [7, 11) is 0. The molecule has 18 heavy (non-hydrogen) atoms. The molecule has 98 valence electrons. The number of thiophene rings is 1. The van der Waals surface area contributed by atoms with Crippen LogP contribution in [0.5, 0.6) is 0 Å². The van der Waals surface area contributed by atoms with Gasteiger partial charge in [0.1, 0.15) is 0 Å². The molecule has 0 aromatic carbocycles. The van der Waals surface area contributed by atoms with Crippen molar-refractivity contribution in [1.82, 2.24) is 15.5 Å². The van der Waals surface area contributed by atoms with Crippen LogP contribution in [0.2, 0.25) is 0 Å². The molecule has 2 rings (SSSR count). The van der Waals surface area contributed by atoms with Crippen LogP contribution < -0.4 is 5.32 Å². The molecule has 0 aliphatic carbocycles. The molecular formula is C12H16BrN3OS. The Morgan fingerprint density at radius 3 is 2.78 bits per heavy atom. The summed E-state index contributed by atoms with van der Waals surface area (Å²) in [5.41, 5.74) is 1.19. The topological polar surface area (TPSA) is 51.0 Å². The zero-order chi connectivity index (χ0) is 13.1. The van der Waals surface area contributed by atoms with E-state index in [0.29, 0.717) is 11.8 Å². The van der Waals surface area contributed by atoms with Crippen molar-refractivity contribution in [1.29, 1.82) is 0 Å². The van der Waals surface area contributed by atoms with Gasteiger partial charge >= 0.3 is 0 Å². The van der Waals surface area contributed by atoms with Gasteiger partial charge in [-0.3, -0.25) is 0 Å². The van der Waals surface area contributed by atoms with Gasteiger partial charge in [-0.05, 0) is 47.4 Å². The van der Waals surface area contributed by atoms with Crippen molar-refractivity contribution in [3.8, 4) is 10.8 Å². The van der Waals surface area contributed by atoms with E-state index in [1.165, 1.54) is 5.56 Å². The summed E-state index contributed by atoms with van der Waals surface area (Å²) < 4.78 is 6.86. The van der Waals surface area contributed by atoms with E-state index in [9.17, 15) is 0 Å². The number of nitrogens with zero attached hydrogens (tertiary/aromatic N) is 2. The number of hydrogen-bond donors (Lipinski definition) is 1. The first-order valence-electron chi connectivity index (χ1n) is 5.98. The molecule has 4 nitrogen and oxygen atoms in total. The molecule has 0 saturated heterocycles. The largest absolute Gasteiger partial charge is 0.418 e. The standard InChI is InChI=1S/C12H16BrN3OS/c1-4-8(14-5-2)11-15-16-12(17-11)9-6-7(3)10(13)18-9/h6,8,14H,4-5H2,1-3H3. The molecule has 0 radical (unpaired) electrons. The summed E-state index contributed by atoms with van der Waals surface area (Å²) in [6, 6.07) is 2.20. The highest BCUT2D eigenvalue weighted by atomic mass is 79.9. The van der Waals surface area contributed by atoms with E-state index in [2.05, 4.69) is 58.3 Å². The lowest BCUT2D eigenvalue weighted by molar-refractivity contribution is 0.402. The van der Waals surface area contributed by atoms with Gasteiger partial charge in [0.05, 0.1) is 14.7 Å². The number of aromatic nitrogens is 2. The van der Waals surface area contributed by atoms with E-state index in [1.807, 2.05) is 0 Å². The van der Waals surface area contributed by atoms with E-state index in [4.69, 9.17) is 4.42 Å². The number of nitrogens with one attached hydrogen (secondary N) is 1. The van der Waals surface area contributed by atoms with Crippen molar-refractivity contribution in [3.05, 3.63) is 21.3 Å². The van der Waals surface area contributed by atoms with E-state index >= 15 is 0 Å². The van der Waals surface area contributed by atoms with Gasteiger partial charge < -0.3 is 9.73 Å². The lowest BCUT2D eigenvalue weighted by Gasteiger charge is -2.09. The smallest absolute Gasteiger partial charge is 0.257 e. The van der Waals surface area contributed by atoms with Gasteiger partial charge in [-0.25, -0.2) is 0 Å². The highest BCUT2D eigenvalue weighted by Crippen LogP contribution is 2.34. The van der Waals surface area contributed by atoms with Crippen LogP contribution >= 0.6 is 27.3 Å². The Balaban J connectivity index is 2.24. The number of hydrogen-bond acceptors (Lipinski definition) is 5. The molecule has 2 aromatic rings. The molecule has 0 spiro atoms. The molecule has 6 heteroatoms. The normalized spacial score (nSPS) is 12.9. The quantitative estimate of drug-likeness (QED) is 0.902. The zero-order valence-corrected chi connectivity index (χ0v) is 13.1. The van der Waals surface area contributed by atoms with Gasteiger partial charge in [0, 0.05) is 0 Å². The van der Waals surface area contributed by atoms with Crippen LogP contribution in [0.25, 0.3) is 10.8 Å². The Labute approximate surface area is 119 Å². The number of halogens is 1. The molecule has 0 aliphatic rings. The maximum absolute atomic E-state index is 5.75. The van der Waals surface area contributed by atoms with Gasteiger partial charge in [-0.2, -0.15) is 0 Å². The molecule has 1 N–H and O–H groups in total. The van der Waals surface area contributed by atoms with Crippen molar-refractivity contribution in [3.63, 3.8) is 0 Å². The Morgan fingerprint density at radius 1 is 1.44 bits per heavy atom. The summed E-state index contributed by atoms with van der Waals surface area (Å²) in [4.78, 5) is 1.00. The second-order valence-electron chi connectivity index (χ2n) is 4.03. The molecule has 2 heterocycles. The summed E-state index contributed by atoms with van der Waals surface area (Å²) in [6.45, 7) is 7.11. The van der Waals surface area contributed by atoms with Gasteiger partial charge in [0.15, 0.2) is 0 Å². The predicted molar refractivity (Wildman–Crippen MR) is 76.8 cm³/mol.